The SMILES string of the molecule is CC(C)(C)OC(=O)C(Cc1ccc(B2OC(C)(C)C(C)(C)O2)cc1)N=C(N)c1ccc(C(C)(C)C)cc1. The summed E-state index contributed by atoms with van der Waals surface area (Å²) in [6.07, 6.45) is 0.360. The molecule has 1 atom stereocenters. The summed E-state index contributed by atoms with van der Waals surface area (Å²) in [5.41, 5.74) is 8.82. The Kier molecular flexibility index (Phi) is 8.02. The van der Waals surface area contributed by atoms with Crippen LogP contribution < -0.4 is 11.2 Å². The highest BCUT2D eigenvalue weighted by molar-refractivity contribution is 6.62. The summed E-state index contributed by atoms with van der Waals surface area (Å²) in [5.74, 6) is -0.0954. The molecule has 2 aromatic rings. The Bertz CT molecular complexity index is 1110. The minimum Gasteiger partial charge on any atom is -0.458 e. The molecule has 1 aliphatic rings. The molecule has 1 heterocycles. The van der Waals surface area contributed by atoms with E-state index in [1.165, 1.54) is 5.56 Å². The summed E-state index contributed by atoms with van der Waals surface area (Å²) >= 11 is 0. The van der Waals surface area contributed by atoms with Crippen LogP contribution in [-0.4, -0.2) is 41.8 Å². The van der Waals surface area contributed by atoms with Crippen molar-refractivity contribution in [2.75, 3.05) is 0 Å². The van der Waals surface area contributed by atoms with Crippen LogP contribution in [0, 0.1) is 0 Å². The molecular weight excluding hydrogens is 463 g/mol. The quantitative estimate of drug-likeness (QED) is 0.260. The Morgan fingerprint density at radius 1 is 0.919 bits per heavy atom. The Morgan fingerprint density at radius 2 is 1.43 bits per heavy atom. The average molecular weight is 506 g/mol. The number of nitrogens with two attached hydrogens (primary N) is 1. The molecule has 2 N–H and O–H groups in total. The Balaban J connectivity index is 1.83. The number of carbonyl (C=O) groups is 1. The summed E-state index contributed by atoms with van der Waals surface area (Å²) in [6.45, 7) is 20.2. The first-order valence-electron chi connectivity index (χ1n) is 13.0. The van der Waals surface area contributed by atoms with Crippen molar-refractivity contribution in [1.82, 2.24) is 0 Å². The van der Waals surface area contributed by atoms with Crippen LogP contribution in [0.5, 0.6) is 0 Å². The third kappa shape index (κ3) is 7.23. The Hall–Kier alpha value is -2.64. The molecule has 0 spiro atoms. The van der Waals surface area contributed by atoms with Crippen molar-refractivity contribution in [3.8, 4) is 0 Å². The standard InChI is InChI=1S/C30H43BN2O4/c1-27(2,3)22-15-13-21(14-16-22)25(32)33-24(26(34)35-28(4,5)6)19-20-11-17-23(18-12-20)31-36-29(7,8)30(9,10)37-31/h11-18,24H,19H2,1-10H3,(H2,32,33). The van der Waals surface area contributed by atoms with E-state index in [4.69, 9.17) is 19.8 Å². The van der Waals surface area contributed by atoms with Gasteiger partial charge in [-0.15, -0.1) is 0 Å². The summed E-state index contributed by atoms with van der Waals surface area (Å²) in [7, 11) is -0.439. The van der Waals surface area contributed by atoms with E-state index in [0.29, 0.717) is 12.3 Å². The van der Waals surface area contributed by atoms with E-state index in [2.05, 4.69) is 37.9 Å². The fraction of sp³-hybridized carbons (Fsp3) is 0.533. The van der Waals surface area contributed by atoms with Crippen LogP contribution in [0.3, 0.4) is 0 Å². The minimum absolute atomic E-state index is 0.0374. The number of aliphatic imine (C=N–C) groups is 1. The zero-order chi connectivity index (χ0) is 27.8. The van der Waals surface area contributed by atoms with E-state index in [9.17, 15) is 4.79 Å². The molecule has 0 saturated carbocycles. The number of benzene rings is 2. The highest BCUT2D eigenvalue weighted by Crippen LogP contribution is 2.36. The molecule has 1 aliphatic heterocycles. The van der Waals surface area contributed by atoms with Crippen molar-refractivity contribution in [2.24, 2.45) is 10.7 Å². The first-order chi connectivity index (χ1) is 16.9. The molecule has 0 aromatic heterocycles. The fourth-order valence-electron chi connectivity index (χ4n) is 3.95. The van der Waals surface area contributed by atoms with Crippen LogP contribution in [0.4, 0.5) is 0 Å². The van der Waals surface area contributed by atoms with E-state index < -0.39 is 35.9 Å². The molecule has 37 heavy (non-hydrogen) atoms. The van der Waals surface area contributed by atoms with Gasteiger partial charge in [0.2, 0.25) is 0 Å². The third-order valence-electron chi connectivity index (χ3n) is 6.95. The number of nitrogens with zero attached hydrogens (tertiary/aromatic N) is 1. The maximum Gasteiger partial charge on any atom is 0.494 e. The predicted molar refractivity (Wildman–Crippen MR) is 151 cm³/mol. The van der Waals surface area contributed by atoms with Gasteiger partial charge in [-0.3, -0.25) is 4.99 Å². The summed E-state index contributed by atoms with van der Waals surface area (Å²) in [5, 5.41) is 0. The van der Waals surface area contributed by atoms with Crippen LogP contribution in [0.2, 0.25) is 0 Å². The monoisotopic (exact) mass is 506 g/mol. The number of amidine groups is 1. The number of rotatable bonds is 6. The zero-order valence-electron chi connectivity index (χ0n) is 24.1. The van der Waals surface area contributed by atoms with E-state index in [1.807, 2.05) is 84.9 Å². The van der Waals surface area contributed by atoms with Gasteiger partial charge in [0, 0.05) is 12.0 Å². The van der Waals surface area contributed by atoms with Gasteiger partial charge in [0.15, 0.2) is 6.04 Å². The summed E-state index contributed by atoms with van der Waals surface area (Å²) < 4.78 is 18.0. The zero-order valence-corrected chi connectivity index (χ0v) is 24.1. The molecule has 1 saturated heterocycles. The lowest BCUT2D eigenvalue weighted by molar-refractivity contribution is -0.156. The van der Waals surface area contributed by atoms with Crippen LogP contribution in [-0.2, 0) is 30.7 Å². The van der Waals surface area contributed by atoms with Crippen LogP contribution >= 0.6 is 0 Å². The van der Waals surface area contributed by atoms with Gasteiger partial charge in [0.25, 0.3) is 0 Å². The molecule has 7 heteroatoms. The molecule has 0 bridgehead atoms. The molecular formula is C30H43BN2O4. The van der Waals surface area contributed by atoms with E-state index in [0.717, 1.165) is 16.6 Å². The highest BCUT2D eigenvalue weighted by atomic mass is 16.7. The van der Waals surface area contributed by atoms with Gasteiger partial charge < -0.3 is 19.8 Å². The van der Waals surface area contributed by atoms with Crippen molar-refractivity contribution in [1.29, 1.82) is 0 Å². The van der Waals surface area contributed by atoms with Crippen molar-refractivity contribution in [2.45, 2.75) is 104 Å². The molecule has 0 radical (unpaired) electrons. The molecule has 0 amide bonds. The molecule has 1 fully saturated rings. The second kappa shape index (κ2) is 10.3. The number of carbonyl (C=O) groups excluding carboxylic acids is 1. The molecule has 2 aromatic carbocycles. The second-order valence-corrected chi connectivity index (χ2v) is 12.9. The number of hydrogen-bond acceptors (Lipinski definition) is 5. The molecule has 6 nitrogen and oxygen atoms in total. The molecule has 200 valence electrons. The van der Waals surface area contributed by atoms with Gasteiger partial charge in [-0.05, 0) is 70.5 Å². The van der Waals surface area contributed by atoms with Gasteiger partial charge in [0.1, 0.15) is 11.4 Å². The van der Waals surface area contributed by atoms with Crippen molar-refractivity contribution in [3.63, 3.8) is 0 Å². The molecule has 1 unspecified atom stereocenters. The fourth-order valence-corrected chi connectivity index (χ4v) is 3.95. The third-order valence-corrected chi connectivity index (χ3v) is 6.95. The van der Waals surface area contributed by atoms with Gasteiger partial charge in [-0.1, -0.05) is 69.3 Å². The van der Waals surface area contributed by atoms with E-state index in [-0.39, 0.29) is 5.41 Å². The maximum absolute atomic E-state index is 13.1. The molecule has 3 rings (SSSR count). The van der Waals surface area contributed by atoms with Crippen LogP contribution in [0.15, 0.2) is 53.5 Å². The largest absolute Gasteiger partial charge is 0.494 e. The van der Waals surface area contributed by atoms with Crippen molar-refractivity contribution < 1.29 is 18.8 Å². The van der Waals surface area contributed by atoms with Crippen LogP contribution in [0.1, 0.15) is 85.9 Å². The lowest BCUT2D eigenvalue weighted by Crippen LogP contribution is -2.41. The van der Waals surface area contributed by atoms with E-state index >= 15 is 0 Å². The van der Waals surface area contributed by atoms with Crippen molar-refractivity contribution >= 4 is 24.4 Å². The summed E-state index contributed by atoms with van der Waals surface area (Å²) in [6, 6.07) is 15.1. The van der Waals surface area contributed by atoms with E-state index in [1.54, 1.807) is 0 Å². The lowest BCUT2D eigenvalue weighted by Gasteiger charge is -2.32. The Morgan fingerprint density at radius 3 is 1.89 bits per heavy atom. The average Bonchev–Trinajstić information content (AvgIpc) is 2.99. The normalized spacial score (nSPS) is 18.5. The maximum atomic E-state index is 13.1. The minimum atomic E-state index is -0.774. The van der Waals surface area contributed by atoms with Gasteiger partial charge in [0.05, 0.1) is 11.2 Å². The number of esters is 1. The summed E-state index contributed by atoms with van der Waals surface area (Å²) in [4.78, 5) is 17.7. The van der Waals surface area contributed by atoms with Gasteiger partial charge in [-0.25, -0.2) is 4.79 Å². The number of ether oxygens (including phenoxy) is 1. The van der Waals surface area contributed by atoms with Gasteiger partial charge in [-0.2, -0.15) is 0 Å². The van der Waals surface area contributed by atoms with Crippen molar-refractivity contribution in [3.05, 3.63) is 65.2 Å². The first kappa shape index (κ1) is 28.9. The topological polar surface area (TPSA) is 83.1 Å². The smallest absolute Gasteiger partial charge is 0.458 e. The predicted octanol–water partition coefficient (Wildman–Crippen LogP) is 4.94. The highest BCUT2D eigenvalue weighted by Gasteiger charge is 2.51. The van der Waals surface area contributed by atoms with Gasteiger partial charge >= 0.3 is 13.1 Å². The number of hydrogen-bond donors (Lipinski definition) is 1. The van der Waals surface area contributed by atoms with Crippen LogP contribution in [0.25, 0.3) is 0 Å². The Labute approximate surface area is 223 Å². The second-order valence-electron chi connectivity index (χ2n) is 12.9. The first-order valence-corrected chi connectivity index (χ1v) is 13.0. The molecule has 0 aliphatic carbocycles. The lowest BCUT2D eigenvalue weighted by atomic mass is 9.78.